The Morgan fingerprint density at radius 2 is 2.20 bits per heavy atom. The number of carbonyl (C=O) groups is 1. The van der Waals surface area contributed by atoms with Crippen molar-refractivity contribution in [1.82, 2.24) is 9.78 Å². The van der Waals surface area contributed by atoms with Crippen molar-refractivity contribution in [1.29, 1.82) is 0 Å². The normalized spacial score (nSPS) is 10.5. The van der Waals surface area contributed by atoms with E-state index in [9.17, 15) is 4.79 Å². The molecule has 0 fully saturated rings. The molecule has 1 aromatic rings. The van der Waals surface area contributed by atoms with Gasteiger partial charge in [-0.15, -0.1) is 0 Å². The van der Waals surface area contributed by atoms with E-state index in [1.54, 1.807) is 11.6 Å². The molecule has 84 valence electrons. The standard InChI is InChI=1S/C11H18N2O2/c1-3-4-5-6-7-13-9(2)10(8-12-13)11(14)15/h8H,3-7H2,1-2H3,(H,14,15). The number of aromatic carboxylic acids is 1. The Morgan fingerprint density at radius 1 is 1.47 bits per heavy atom. The van der Waals surface area contributed by atoms with Crippen LogP contribution in [0.1, 0.15) is 48.7 Å². The lowest BCUT2D eigenvalue weighted by molar-refractivity contribution is 0.0696. The van der Waals surface area contributed by atoms with Crippen LogP contribution in [0.2, 0.25) is 0 Å². The zero-order valence-corrected chi connectivity index (χ0v) is 9.36. The van der Waals surface area contributed by atoms with Crippen molar-refractivity contribution in [3.8, 4) is 0 Å². The smallest absolute Gasteiger partial charge is 0.339 e. The minimum atomic E-state index is -0.896. The molecule has 1 aromatic heterocycles. The van der Waals surface area contributed by atoms with Gasteiger partial charge in [0.2, 0.25) is 0 Å². The summed E-state index contributed by atoms with van der Waals surface area (Å²) >= 11 is 0. The summed E-state index contributed by atoms with van der Waals surface area (Å²) in [6.45, 7) is 4.79. The predicted molar refractivity (Wildman–Crippen MR) is 58.1 cm³/mol. The first kappa shape index (κ1) is 11.8. The number of hydrogen-bond acceptors (Lipinski definition) is 2. The molecule has 0 aliphatic rings. The van der Waals surface area contributed by atoms with Gasteiger partial charge in [0.25, 0.3) is 0 Å². The SMILES string of the molecule is CCCCCCn1ncc(C(=O)O)c1C. The summed E-state index contributed by atoms with van der Waals surface area (Å²) < 4.78 is 1.78. The van der Waals surface area contributed by atoms with Crippen LogP contribution in [0.3, 0.4) is 0 Å². The number of unbranched alkanes of at least 4 members (excludes halogenated alkanes) is 3. The Morgan fingerprint density at radius 3 is 2.73 bits per heavy atom. The summed E-state index contributed by atoms with van der Waals surface area (Å²) in [5.74, 6) is -0.896. The largest absolute Gasteiger partial charge is 0.478 e. The molecule has 0 saturated heterocycles. The van der Waals surface area contributed by atoms with E-state index in [-0.39, 0.29) is 0 Å². The first-order chi connectivity index (χ1) is 7.16. The van der Waals surface area contributed by atoms with Crippen LogP contribution in [0.5, 0.6) is 0 Å². The fourth-order valence-corrected chi connectivity index (χ4v) is 1.57. The van der Waals surface area contributed by atoms with E-state index < -0.39 is 5.97 Å². The molecule has 4 nitrogen and oxygen atoms in total. The van der Waals surface area contributed by atoms with Gasteiger partial charge in [0.05, 0.1) is 6.20 Å². The number of aryl methyl sites for hydroxylation is 1. The average molecular weight is 210 g/mol. The Kier molecular flexibility index (Phi) is 4.34. The lowest BCUT2D eigenvalue weighted by Crippen LogP contribution is -2.04. The molecule has 0 aliphatic heterocycles. The van der Waals surface area contributed by atoms with E-state index in [1.807, 2.05) is 0 Å². The third-order valence-electron chi connectivity index (χ3n) is 2.56. The Balaban J connectivity index is 2.51. The molecule has 0 radical (unpaired) electrons. The number of rotatable bonds is 6. The minimum absolute atomic E-state index is 0.311. The molecule has 0 aliphatic carbocycles. The zero-order chi connectivity index (χ0) is 11.3. The number of nitrogens with zero attached hydrogens (tertiary/aromatic N) is 2. The Bertz CT molecular complexity index is 331. The summed E-state index contributed by atoms with van der Waals surface area (Å²) in [7, 11) is 0. The van der Waals surface area contributed by atoms with Crippen molar-refractivity contribution < 1.29 is 9.90 Å². The first-order valence-corrected chi connectivity index (χ1v) is 5.42. The molecule has 1 heterocycles. The van der Waals surface area contributed by atoms with Crippen molar-refractivity contribution in [2.45, 2.75) is 46.1 Å². The second-order valence-electron chi connectivity index (χ2n) is 3.73. The highest BCUT2D eigenvalue weighted by molar-refractivity contribution is 5.88. The first-order valence-electron chi connectivity index (χ1n) is 5.42. The van der Waals surface area contributed by atoms with Crippen LogP contribution in [0.15, 0.2) is 6.20 Å². The van der Waals surface area contributed by atoms with Gasteiger partial charge in [-0.3, -0.25) is 4.68 Å². The monoisotopic (exact) mass is 210 g/mol. The highest BCUT2D eigenvalue weighted by Gasteiger charge is 2.11. The van der Waals surface area contributed by atoms with E-state index in [0.29, 0.717) is 5.56 Å². The highest BCUT2D eigenvalue weighted by atomic mass is 16.4. The molecule has 0 spiro atoms. The maximum Gasteiger partial charge on any atom is 0.339 e. The van der Waals surface area contributed by atoms with Gasteiger partial charge < -0.3 is 5.11 Å². The average Bonchev–Trinajstić information content (AvgIpc) is 2.55. The topological polar surface area (TPSA) is 55.1 Å². The second-order valence-corrected chi connectivity index (χ2v) is 3.73. The molecule has 0 atom stereocenters. The molecule has 15 heavy (non-hydrogen) atoms. The molecule has 0 aromatic carbocycles. The summed E-state index contributed by atoms with van der Waals surface area (Å²) in [6.07, 6.45) is 6.11. The van der Waals surface area contributed by atoms with Crippen molar-refractivity contribution in [3.05, 3.63) is 17.5 Å². The summed E-state index contributed by atoms with van der Waals surface area (Å²) in [5.41, 5.74) is 1.06. The van der Waals surface area contributed by atoms with Gasteiger partial charge in [-0.1, -0.05) is 26.2 Å². The Labute approximate surface area is 89.9 Å². The summed E-state index contributed by atoms with van der Waals surface area (Å²) in [5, 5.41) is 12.9. The van der Waals surface area contributed by atoms with E-state index in [4.69, 9.17) is 5.11 Å². The molecule has 4 heteroatoms. The van der Waals surface area contributed by atoms with Crippen molar-refractivity contribution in [2.24, 2.45) is 0 Å². The number of carboxylic acids is 1. The molecule has 0 bridgehead atoms. The van der Waals surface area contributed by atoms with Crippen LogP contribution >= 0.6 is 0 Å². The van der Waals surface area contributed by atoms with Gasteiger partial charge in [-0.25, -0.2) is 4.79 Å². The van der Waals surface area contributed by atoms with E-state index in [1.165, 1.54) is 25.5 Å². The fraction of sp³-hybridized carbons (Fsp3) is 0.636. The van der Waals surface area contributed by atoms with Gasteiger partial charge in [0, 0.05) is 12.2 Å². The maximum absolute atomic E-state index is 10.8. The lowest BCUT2D eigenvalue weighted by Gasteiger charge is -2.03. The van der Waals surface area contributed by atoms with Gasteiger partial charge >= 0.3 is 5.97 Å². The van der Waals surface area contributed by atoms with Crippen LogP contribution in [0, 0.1) is 6.92 Å². The van der Waals surface area contributed by atoms with Crippen molar-refractivity contribution in [3.63, 3.8) is 0 Å². The third-order valence-corrected chi connectivity index (χ3v) is 2.56. The number of aromatic nitrogens is 2. The number of hydrogen-bond donors (Lipinski definition) is 1. The quantitative estimate of drug-likeness (QED) is 0.734. The molecule has 0 unspecified atom stereocenters. The lowest BCUT2D eigenvalue weighted by atomic mass is 10.2. The second kappa shape index (κ2) is 5.53. The van der Waals surface area contributed by atoms with E-state index >= 15 is 0 Å². The zero-order valence-electron chi connectivity index (χ0n) is 9.36. The maximum atomic E-state index is 10.8. The third kappa shape index (κ3) is 3.08. The van der Waals surface area contributed by atoms with E-state index in [0.717, 1.165) is 18.7 Å². The molecule has 1 N–H and O–H groups in total. The van der Waals surface area contributed by atoms with Crippen LogP contribution in [-0.4, -0.2) is 20.9 Å². The number of carboxylic acid groups (broad SMARTS) is 1. The van der Waals surface area contributed by atoms with E-state index in [2.05, 4.69) is 12.0 Å². The van der Waals surface area contributed by atoms with Gasteiger partial charge in [-0.2, -0.15) is 5.10 Å². The van der Waals surface area contributed by atoms with Crippen LogP contribution in [0.25, 0.3) is 0 Å². The molecular weight excluding hydrogens is 192 g/mol. The summed E-state index contributed by atoms with van der Waals surface area (Å²) in [6, 6.07) is 0. The van der Waals surface area contributed by atoms with Crippen molar-refractivity contribution in [2.75, 3.05) is 0 Å². The highest BCUT2D eigenvalue weighted by Crippen LogP contribution is 2.09. The minimum Gasteiger partial charge on any atom is -0.478 e. The van der Waals surface area contributed by atoms with Crippen molar-refractivity contribution >= 4 is 5.97 Å². The van der Waals surface area contributed by atoms with Crippen LogP contribution in [-0.2, 0) is 6.54 Å². The summed E-state index contributed by atoms with van der Waals surface area (Å²) in [4.78, 5) is 10.8. The molecule has 1 rings (SSSR count). The molecular formula is C11H18N2O2. The predicted octanol–water partition coefficient (Wildman–Crippen LogP) is 2.47. The van der Waals surface area contributed by atoms with Gasteiger partial charge in [0.15, 0.2) is 0 Å². The van der Waals surface area contributed by atoms with Crippen LogP contribution < -0.4 is 0 Å². The molecule has 0 amide bonds. The van der Waals surface area contributed by atoms with Crippen LogP contribution in [0.4, 0.5) is 0 Å². The fourth-order valence-electron chi connectivity index (χ4n) is 1.57. The molecule has 0 saturated carbocycles. The van der Waals surface area contributed by atoms with Gasteiger partial charge in [-0.05, 0) is 13.3 Å². The van der Waals surface area contributed by atoms with Gasteiger partial charge in [0.1, 0.15) is 5.56 Å². The Hall–Kier alpha value is -1.32.